The lowest BCUT2D eigenvalue weighted by Gasteiger charge is -2.13. The summed E-state index contributed by atoms with van der Waals surface area (Å²) in [7, 11) is 0. The molecule has 126 valence electrons. The molecule has 7 nitrogen and oxygen atoms in total. The molecule has 0 aliphatic rings. The zero-order chi connectivity index (χ0) is 17.7. The van der Waals surface area contributed by atoms with E-state index in [0.717, 1.165) is 0 Å². The predicted octanol–water partition coefficient (Wildman–Crippen LogP) is 4.11. The Hall–Kier alpha value is -2.22. The van der Waals surface area contributed by atoms with Gasteiger partial charge in [0.15, 0.2) is 0 Å². The van der Waals surface area contributed by atoms with E-state index in [9.17, 15) is 14.9 Å². The largest absolute Gasteiger partial charge is 0.371 e. The summed E-state index contributed by atoms with van der Waals surface area (Å²) in [6.45, 7) is -0.194. The molecule has 3 N–H and O–H groups in total. The first-order valence-electron chi connectivity index (χ1n) is 6.55. The minimum Gasteiger partial charge on any atom is -0.371 e. The number of nitrogens with zero attached hydrogens (tertiary/aromatic N) is 1. The lowest BCUT2D eigenvalue weighted by Crippen LogP contribution is -2.34. The van der Waals surface area contributed by atoms with Gasteiger partial charge in [-0.1, -0.05) is 46.9 Å². The van der Waals surface area contributed by atoms with Crippen LogP contribution in [0.1, 0.15) is 0 Å². The molecule has 2 aromatic carbocycles. The lowest BCUT2D eigenvalue weighted by molar-refractivity contribution is -0.383. The maximum atomic E-state index is 11.8. The van der Waals surface area contributed by atoms with Crippen molar-refractivity contribution in [3.63, 3.8) is 0 Å². The van der Waals surface area contributed by atoms with Crippen LogP contribution in [-0.2, 0) is 4.79 Å². The van der Waals surface area contributed by atoms with Crippen LogP contribution in [0, 0.1) is 10.1 Å². The second kappa shape index (κ2) is 8.05. The number of rotatable bonds is 6. The van der Waals surface area contributed by atoms with Crippen LogP contribution in [0.15, 0.2) is 36.4 Å². The summed E-state index contributed by atoms with van der Waals surface area (Å²) < 4.78 is 0. The average Bonchev–Trinajstić information content (AvgIpc) is 2.52. The molecule has 0 aliphatic heterocycles. The summed E-state index contributed by atoms with van der Waals surface area (Å²) in [6.07, 6.45) is 0. The molecule has 0 saturated carbocycles. The summed E-state index contributed by atoms with van der Waals surface area (Å²) in [5.41, 5.74) is 5.38. The molecule has 0 atom stereocenters. The monoisotopic (exact) mass is 388 g/mol. The number of carbonyl (C=O) groups excluding carboxylic acids is 1. The van der Waals surface area contributed by atoms with Crippen LogP contribution in [0.5, 0.6) is 0 Å². The van der Waals surface area contributed by atoms with Crippen molar-refractivity contribution < 1.29 is 9.72 Å². The maximum Gasteiger partial charge on any atom is 0.292 e. The number of hydrogen-bond donors (Lipinski definition) is 3. The van der Waals surface area contributed by atoms with E-state index in [2.05, 4.69) is 16.2 Å². The van der Waals surface area contributed by atoms with E-state index in [-0.39, 0.29) is 28.0 Å². The van der Waals surface area contributed by atoms with Gasteiger partial charge in [0.25, 0.3) is 11.6 Å². The molecule has 24 heavy (non-hydrogen) atoms. The number of nitro benzene ring substituents is 1. The van der Waals surface area contributed by atoms with E-state index < -0.39 is 10.8 Å². The van der Waals surface area contributed by atoms with Crippen LogP contribution in [0.4, 0.5) is 17.1 Å². The molecule has 0 heterocycles. The zero-order valence-corrected chi connectivity index (χ0v) is 14.2. The fraction of sp³-hybridized carbons (Fsp3) is 0.0714. The summed E-state index contributed by atoms with van der Waals surface area (Å²) >= 11 is 17.7. The van der Waals surface area contributed by atoms with Crippen LogP contribution < -0.4 is 16.2 Å². The Morgan fingerprint density at radius 2 is 1.75 bits per heavy atom. The van der Waals surface area contributed by atoms with Gasteiger partial charge in [-0.25, -0.2) is 0 Å². The van der Waals surface area contributed by atoms with Gasteiger partial charge in [-0.2, -0.15) is 0 Å². The quantitative estimate of drug-likeness (QED) is 0.510. The Labute approximate surface area is 152 Å². The topological polar surface area (TPSA) is 96.3 Å². The van der Waals surface area contributed by atoms with Crippen molar-refractivity contribution >= 4 is 57.8 Å². The standard InChI is InChI=1S/C14H11Cl3N4O3/c15-8-5-9(16)14(10(17)6-8)20-19-13(22)7-18-11-3-1-2-4-12(11)21(23)24/h1-6,18,20H,7H2,(H,19,22). The van der Waals surface area contributed by atoms with Crippen molar-refractivity contribution in [2.75, 3.05) is 17.3 Å². The number of benzene rings is 2. The average molecular weight is 390 g/mol. The fourth-order valence-corrected chi connectivity index (χ4v) is 2.71. The van der Waals surface area contributed by atoms with Crippen molar-refractivity contribution in [3.05, 3.63) is 61.6 Å². The molecule has 0 fully saturated rings. The predicted molar refractivity (Wildman–Crippen MR) is 94.8 cm³/mol. The van der Waals surface area contributed by atoms with Gasteiger partial charge in [-0.3, -0.25) is 25.8 Å². The summed E-state index contributed by atoms with van der Waals surface area (Å²) in [5.74, 6) is -0.477. The highest BCUT2D eigenvalue weighted by atomic mass is 35.5. The van der Waals surface area contributed by atoms with Gasteiger partial charge >= 0.3 is 0 Å². The molecule has 0 bridgehead atoms. The van der Waals surface area contributed by atoms with Crippen molar-refractivity contribution in [1.82, 2.24) is 5.43 Å². The van der Waals surface area contributed by atoms with Gasteiger partial charge in [0.2, 0.25) is 0 Å². The number of amides is 1. The first kappa shape index (κ1) is 18.1. The molecule has 0 aromatic heterocycles. The highest BCUT2D eigenvalue weighted by Crippen LogP contribution is 2.33. The molecule has 0 spiro atoms. The second-order valence-corrected chi connectivity index (χ2v) is 5.80. The van der Waals surface area contributed by atoms with Gasteiger partial charge in [-0.15, -0.1) is 0 Å². The number of nitrogens with one attached hydrogen (secondary N) is 3. The first-order chi connectivity index (χ1) is 11.4. The Morgan fingerprint density at radius 1 is 1.12 bits per heavy atom. The smallest absolute Gasteiger partial charge is 0.292 e. The minimum absolute atomic E-state index is 0.123. The normalized spacial score (nSPS) is 10.1. The van der Waals surface area contributed by atoms with Crippen molar-refractivity contribution in [1.29, 1.82) is 0 Å². The molecule has 10 heteroatoms. The van der Waals surface area contributed by atoms with Crippen LogP contribution in [0.2, 0.25) is 15.1 Å². The molecular weight excluding hydrogens is 379 g/mol. The molecule has 2 aromatic rings. The van der Waals surface area contributed by atoms with Gasteiger partial charge in [0.1, 0.15) is 5.69 Å². The van der Waals surface area contributed by atoms with Gasteiger partial charge in [0.05, 0.1) is 27.2 Å². The van der Waals surface area contributed by atoms with Crippen molar-refractivity contribution in [2.24, 2.45) is 0 Å². The Balaban J connectivity index is 1.95. The zero-order valence-electron chi connectivity index (χ0n) is 12.0. The third-order valence-electron chi connectivity index (χ3n) is 2.87. The van der Waals surface area contributed by atoms with Crippen molar-refractivity contribution in [3.8, 4) is 0 Å². The number of halogens is 3. The summed E-state index contributed by atoms with van der Waals surface area (Å²) in [4.78, 5) is 22.2. The van der Waals surface area contributed by atoms with E-state index in [4.69, 9.17) is 34.8 Å². The number of hydrazine groups is 1. The maximum absolute atomic E-state index is 11.8. The van der Waals surface area contributed by atoms with E-state index in [1.807, 2.05) is 0 Å². The number of carbonyl (C=O) groups is 1. The fourth-order valence-electron chi connectivity index (χ4n) is 1.80. The van der Waals surface area contributed by atoms with Gasteiger partial charge in [0, 0.05) is 11.1 Å². The number of hydrogen-bond acceptors (Lipinski definition) is 5. The third kappa shape index (κ3) is 4.64. The molecule has 0 saturated heterocycles. The second-order valence-electron chi connectivity index (χ2n) is 4.55. The highest BCUT2D eigenvalue weighted by Gasteiger charge is 2.13. The Kier molecular flexibility index (Phi) is 6.08. The molecule has 0 radical (unpaired) electrons. The van der Waals surface area contributed by atoms with Crippen molar-refractivity contribution in [2.45, 2.75) is 0 Å². The molecule has 1 amide bonds. The SMILES string of the molecule is O=C(CNc1ccccc1[N+](=O)[O-])NNc1c(Cl)cc(Cl)cc1Cl. The van der Waals surface area contributed by atoms with Crippen LogP contribution in [-0.4, -0.2) is 17.4 Å². The molecule has 2 rings (SSSR count). The third-order valence-corrected chi connectivity index (χ3v) is 3.69. The first-order valence-corrected chi connectivity index (χ1v) is 7.68. The Morgan fingerprint density at radius 3 is 2.38 bits per heavy atom. The lowest BCUT2D eigenvalue weighted by atomic mass is 10.2. The number of para-hydroxylation sites is 2. The molecular formula is C14H11Cl3N4O3. The van der Waals surface area contributed by atoms with Crippen LogP contribution in [0.3, 0.4) is 0 Å². The van der Waals surface area contributed by atoms with Gasteiger partial charge in [-0.05, 0) is 18.2 Å². The van der Waals surface area contributed by atoms with E-state index >= 15 is 0 Å². The minimum atomic E-state index is -0.536. The van der Waals surface area contributed by atoms with Crippen LogP contribution >= 0.6 is 34.8 Å². The Bertz CT molecular complexity index is 763. The van der Waals surface area contributed by atoms with E-state index in [1.165, 1.54) is 30.3 Å². The highest BCUT2D eigenvalue weighted by molar-refractivity contribution is 6.41. The van der Waals surface area contributed by atoms with Gasteiger partial charge < -0.3 is 5.32 Å². The summed E-state index contributed by atoms with van der Waals surface area (Å²) in [6, 6.07) is 8.94. The molecule has 0 unspecified atom stereocenters. The number of anilines is 2. The van der Waals surface area contributed by atoms with E-state index in [0.29, 0.717) is 10.7 Å². The number of nitro groups is 1. The van der Waals surface area contributed by atoms with Crippen LogP contribution in [0.25, 0.3) is 0 Å². The molecule has 0 aliphatic carbocycles. The summed E-state index contributed by atoms with van der Waals surface area (Å²) in [5, 5.41) is 14.4. The van der Waals surface area contributed by atoms with E-state index in [1.54, 1.807) is 6.07 Å².